The van der Waals surface area contributed by atoms with Crippen molar-refractivity contribution in [3.8, 4) is 17.2 Å². The van der Waals surface area contributed by atoms with Gasteiger partial charge in [0.2, 0.25) is 12.7 Å². The number of amides is 1. The third-order valence-electron chi connectivity index (χ3n) is 5.63. The molecule has 4 rings (SSSR count). The predicted molar refractivity (Wildman–Crippen MR) is 110 cm³/mol. The normalized spacial score (nSPS) is 17.4. The van der Waals surface area contributed by atoms with Crippen LogP contribution >= 0.6 is 0 Å². The molecule has 0 unspecified atom stereocenters. The second kappa shape index (κ2) is 8.74. The number of likely N-dealkylation sites (N-methyl/N-ethyl adjacent to an activating group) is 1. The molecule has 29 heavy (non-hydrogen) atoms. The van der Waals surface area contributed by atoms with E-state index in [1.807, 2.05) is 42.2 Å². The standard InChI is InChI=1S/C23H28N2O4/c1-3-25-9-8-24(15-19-13-22-21(12-17(19)2)28-16-29-22)10-11-27-20-7-5-4-6-18(20)14-23(25)26/h4-7,12-13H,3,8-11,14-16H2,1-2H3. The zero-order chi connectivity index (χ0) is 20.2. The molecular formula is C23H28N2O4. The summed E-state index contributed by atoms with van der Waals surface area (Å²) in [6.07, 6.45) is 0.380. The monoisotopic (exact) mass is 396 g/mol. The van der Waals surface area contributed by atoms with E-state index in [4.69, 9.17) is 14.2 Å². The number of benzene rings is 2. The van der Waals surface area contributed by atoms with E-state index in [0.29, 0.717) is 26.1 Å². The Morgan fingerprint density at radius 1 is 0.966 bits per heavy atom. The van der Waals surface area contributed by atoms with Gasteiger partial charge in [-0.1, -0.05) is 18.2 Å². The molecule has 154 valence electrons. The minimum atomic E-state index is 0.143. The van der Waals surface area contributed by atoms with Crippen molar-refractivity contribution in [1.82, 2.24) is 9.80 Å². The number of ether oxygens (including phenoxy) is 3. The van der Waals surface area contributed by atoms with Crippen LogP contribution in [-0.2, 0) is 17.8 Å². The summed E-state index contributed by atoms with van der Waals surface area (Å²) < 4.78 is 17.1. The smallest absolute Gasteiger partial charge is 0.231 e. The first-order valence-corrected chi connectivity index (χ1v) is 10.2. The molecule has 2 heterocycles. The average molecular weight is 396 g/mol. The van der Waals surface area contributed by atoms with Gasteiger partial charge in [0.05, 0.1) is 6.42 Å². The van der Waals surface area contributed by atoms with Gasteiger partial charge in [-0.05, 0) is 43.2 Å². The van der Waals surface area contributed by atoms with Gasteiger partial charge < -0.3 is 19.1 Å². The summed E-state index contributed by atoms with van der Waals surface area (Å²) in [5.74, 6) is 2.56. The molecule has 0 saturated carbocycles. The fourth-order valence-electron chi connectivity index (χ4n) is 3.84. The van der Waals surface area contributed by atoms with Crippen molar-refractivity contribution in [3.05, 3.63) is 53.1 Å². The van der Waals surface area contributed by atoms with E-state index in [1.54, 1.807) is 0 Å². The van der Waals surface area contributed by atoms with E-state index in [1.165, 1.54) is 11.1 Å². The van der Waals surface area contributed by atoms with Crippen LogP contribution in [0.2, 0.25) is 0 Å². The van der Waals surface area contributed by atoms with E-state index in [9.17, 15) is 4.79 Å². The fraction of sp³-hybridized carbons (Fsp3) is 0.435. The number of aryl methyl sites for hydroxylation is 1. The summed E-state index contributed by atoms with van der Waals surface area (Å²) in [6, 6.07) is 11.9. The maximum atomic E-state index is 12.8. The van der Waals surface area contributed by atoms with Gasteiger partial charge in [-0.25, -0.2) is 0 Å². The molecule has 0 bridgehead atoms. The summed E-state index contributed by atoms with van der Waals surface area (Å²) in [4.78, 5) is 17.1. The topological polar surface area (TPSA) is 51.2 Å². The quantitative estimate of drug-likeness (QED) is 0.798. The van der Waals surface area contributed by atoms with Crippen LogP contribution in [0.1, 0.15) is 23.6 Å². The lowest BCUT2D eigenvalue weighted by molar-refractivity contribution is -0.130. The van der Waals surface area contributed by atoms with E-state index in [2.05, 4.69) is 17.9 Å². The molecule has 6 heteroatoms. The third-order valence-corrected chi connectivity index (χ3v) is 5.63. The molecule has 0 radical (unpaired) electrons. The van der Waals surface area contributed by atoms with Crippen molar-refractivity contribution in [2.24, 2.45) is 0 Å². The molecule has 0 atom stereocenters. The molecule has 2 aromatic carbocycles. The van der Waals surface area contributed by atoms with E-state index in [0.717, 1.165) is 42.4 Å². The molecule has 0 spiro atoms. The van der Waals surface area contributed by atoms with Crippen molar-refractivity contribution in [2.75, 3.05) is 39.6 Å². The van der Waals surface area contributed by atoms with E-state index < -0.39 is 0 Å². The molecule has 0 aliphatic carbocycles. The van der Waals surface area contributed by atoms with Crippen molar-refractivity contribution in [2.45, 2.75) is 26.8 Å². The van der Waals surface area contributed by atoms with Gasteiger partial charge in [0.25, 0.3) is 0 Å². The molecule has 2 aromatic rings. The number of carbonyl (C=O) groups excluding carboxylic acids is 1. The van der Waals surface area contributed by atoms with Crippen molar-refractivity contribution < 1.29 is 19.0 Å². The van der Waals surface area contributed by atoms with E-state index in [-0.39, 0.29) is 12.7 Å². The first-order chi connectivity index (χ1) is 14.1. The Morgan fingerprint density at radius 3 is 2.59 bits per heavy atom. The Morgan fingerprint density at radius 2 is 1.76 bits per heavy atom. The number of nitrogens with zero attached hydrogens (tertiary/aromatic N) is 2. The minimum Gasteiger partial charge on any atom is -0.492 e. The lowest BCUT2D eigenvalue weighted by Crippen LogP contribution is -2.39. The van der Waals surface area contributed by atoms with Gasteiger partial charge >= 0.3 is 0 Å². The van der Waals surface area contributed by atoms with Gasteiger partial charge in [0, 0.05) is 38.3 Å². The molecule has 0 saturated heterocycles. The van der Waals surface area contributed by atoms with E-state index >= 15 is 0 Å². The van der Waals surface area contributed by atoms with Gasteiger partial charge in [-0.3, -0.25) is 9.69 Å². The molecule has 2 aliphatic rings. The molecule has 6 nitrogen and oxygen atoms in total. The highest BCUT2D eigenvalue weighted by atomic mass is 16.7. The van der Waals surface area contributed by atoms with Crippen LogP contribution in [0.5, 0.6) is 17.2 Å². The minimum absolute atomic E-state index is 0.143. The Bertz CT molecular complexity index is 883. The fourth-order valence-corrected chi connectivity index (χ4v) is 3.84. The van der Waals surface area contributed by atoms with Gasteiger partial charge in [-0.15, -0.1) is 0 Å². The second-order valence-electron chi connectivity index (χ2n) is 7.51. The first kappa shape index (κ1) is 19.6. The van der Waals surface area contributed by atoms with Crippen molar-refractivity contribution >= 4 is 5.91 Å². The first-order valence-electron chi connectivity index (χ1n) is 10.2. The SMILES string of the molecule is CCN1CCN(Cc2cc3c(cc2C)OCO3)CCOc2ccccc2CC1=O. The van der Waals surface area contributed by atoms with Crippen LogP contribution in [0, 0.1) is 6.92 Å². The number of carbonyl (C=O) groups is 1. The number of hydrogen-bond donors (Lipinski definition) is 0. The van der Waals surface area contributed by atoms with Crippen LogP contribution < -0.4 is 14.2 Å². The Labute approximate surface area is 172 Å². The molecule has 0 aromatic heterocycles. The lowest BCUT2D eigenvalue weighted by Gasteiger charge is -2.27. The van der Waals surface area contributed by atoms with Gasteiger partial charge in [0.1, 0.15) is 12.4 Å². The summed E-state index contributed by atoms with van der Waals surface area (Å²) >= 11 is 0. The lowest BCUT2D eigenvalue weighted by atomic mass is 10.1. The molecule has 2 aliphatic heterocycles. The molecule has 0 fully saturated rings. The number of rotatable bonds is 3. The highest BCUT2D eigenvalue weighted by molar-refractivity contribution is 5.79. The van der Waals surface area contributed by atoms with Gasteiger partial charge in [0.15, 0.2) is 11.5 Å². The van der Waals surface area contributed by atoms with Crippen LogP contribution in [-0.4, -0.2) is 55.3 Å². The van der Waals surface area contributed by atoms with Crippen molar-refractivity contribution in [1.29, 1.82) is 0 Å². The van der Waals surface area contributed by atoms with Crippen LogP contribution in [0.25, 0.3) is 0 Å². The van der Waals surface area contributed by atoms with Crippen LogP contribution in [0.4, 0.5) is 0 Å². The number of para-hydroxylation sites is 1. The highest BCUT2D eigenvalue weighted by Gasteiger charge is 2.20. The Balaban J connectivity index is 1.53. The number of hydrogen-bond acceptors (Lipinski definition) is 5. The molecular weight excluding hydrogens is 368 g/mol. The highest BCUT2D eigenvalue weighted by Crippen LogP contribution is 2.35. The summed E-state index contributed by atoms with van der Waals surface area (Å²) in [5.41, 5.74) is 3.34. The maximum Gasteiger partial charge on any atom is 0.231 e. The predicted octanol–water partition coefficient (Wildman–Crippen LogP) is 3.01. The third kappa shape index (κ3) is 4.48. The van der Waals surface area contributed by atoms with Crippen LogP contribution in [0.15, 0.2) is 36.4 Å². The summed E-state index contributed by atoms with van der Waals surface area (Å²) in [7, 11) is 0. The zero-order valence-electron chi connectivity index (χ0n) is 17.1. The molecule has 0 N–H and O–H groups in total. The zero-order valence-corrected chi connectivity index (χ0v) is 17.1. The summed E-state index contributed by atoms with van der Waals surface area (Å²) in [5, 5.41) is 0. The number of fused-ring (bicyclic) bond motifs is 2. The average Bonchev–Trinajstić information content (AvgIpc) is 3.15. The van der Waals surface area contributed by atoms with Gasteiger partial charge in [-0.2, -0.15) is 0 Å². The summed E-state index contributed by atoms with van der Waals surface area (Å²) in [6.45, 7) is 8.77. The maximum absolute atomic E-state index is 12.8. The Kier molecular flexibility index (Phi) is 5.90. The molecule has 1 amide bonds. The Hall–Kier alpha value is -2.73. The van der Waals surface area contributed by atoms with Crippen molar-refractivity contribution in [3.63, 3.8) is 0 Å². The van der Waals surface area contributed by atoms with Crippen LogP contribution in [0.3, 0.4) is 0 Å². The largest absolute Gasteiger partial charge is 0.492 e. The second-order valence-corrected chi connectivity index (χ2v) is 7.51.